The van der Waals surface area contributed by atoms with E-state index in [-0.39, 0.29) is 18.0 Å². The lowest BCUT2D eigenvalue weighted by Crippen LogP contribution is -2.13. The lowest BCUT2D eigenvalue weighted by atomic mass is 10.1. The Morgan fingerprint density at radius 3 is 2.32 bits per heavy atom. The number of ether oxygens (including phenoxy) is 2. The van der Waals surface area contributed by atoms with Crippen molar-refractivity contribution in [1.29, 1.82) is 5.26 Å². The lowest BCUT2D eigenvalue weighted by molar-refractivity contribution is -0.112. The van der Waals surface area contributed by atoms with E-state index in [9.17, 15) is 14.4 Å². The predicted molar refractivity (Wildman–Crippen MR) is 147 cm³/mol. The van der Waals surface area contributed by atoms with Gasteiger partial charge in [-0.3, -0.25) is 4.79 Å². The van der Waals surface area contributed by atoms with E-state index in [1.807, 2.05) is 24.3 Å². The second kappa shape index (κ2) is 12.8. The van der Waals surface area contributed by atoms with Crippen LogP contribution in [0.4, 0.5) is 10.1 Å². The Labute approximate surface area is 229 Å². The summed E-state index contributed by atoms with van der Waals surface area (Å²) < 4.78 is 24.5. The van der Waals surface area contributed by atoms with Crippen molar-refractivity contribution in [1.82, 2.24) is 0 Å². The summed E-state index contributed by atoms with van der Waals surface area (Å²) in [7, 11) is 0. The highest BCUT2D eigenvalue weighted by atomic mass is 35.5. The third-order valence-corrected chi connectivity index (χ3v) is 6.07. The Hall–Kier alpha value is -4.31. The van der Waals surface area contributed by atoms with Crippen LogP contribution in [0.25, 0.3) is 6.08 Å². The molecule has 1 N–H and O–H groups in total. The van der Waals surface area contributed by atoms with E-state index in [1.165, 1.54) is 18.2 Å². The molecule has 0 aliphatic rings. The predicted octanol–water partition coefficient (Wildman–Crippen LogP) is 7.84. The normalized spacial score (nSPS) is 10.9. The summed E-state index contributed by atoms with van der Waals surface area (Å²) in [5.74, 6) is 0.143. The van der Waals surface area contributed by atoms with E-state index >= 15 is 0 Å². The van der Waals surface area contributed by atoms with Crippen LogP contribution in [0.1, 0.15) is 16.7 Å². The molecule has 0 aliphatic carbocycles. The quantitative estimate of drug-likeness (QED) is 0.171. The number of nitriles is 1. The third-order valence-electron chi connectivity index (χ3n) is 5.40. The topological polar surface area (TPSA) is 71.3 Å². The van der Waals surface area contributed by atoms with Crippen molar-refractivity contribution in [2.75, 3.05) is 5.32 Å². The van der Waals surface area contributed by atoms with Crippen molar-refractivity contribution in [3.63, 3.8) is 0 Å². The van der Waals surface area contributed by atoms with E-state index in [0.29, 0.717) is 39.4 Å². The number of benzene rings is 4. The number of anilines is 1. The Kier molecular flexibility index (Phi) is 8.99. The van der Waals surface area contributed by atoms with Gasteiger partial charge in [0, 0.05) is 16.3 Å². The highest BCUT2D eigenvalue weighted by Gasteiger charge is 2.11. The van der Waals surface area contributed by atoms with Gasteiger partial charge in [-0.15, -0.1) is 0 Å². The van der Waals surface area contributed by atoms with Crippen molar-refractivity contribution in [2.45, 2.75) is 13.2 Å². The van der Waals surface area contributed by atoms with Gasteiger partial charge in [-0.2, -0.15) is 5.26 Å². The smallest absolute Gasteiger partial charge is 0.266 e. The fourth-order valence-corrected chi connectivity index (χ4v) is 3.82. The fraction of sp³-hybridized carbons (Fsp3) is 0.0667. The molecule has 190 valence electrons. The van der Waals surface area contributed by atoms with Gasteiger partial charge in [0.2, 0.25) is 0 Å². The molecule has 5 nitrogen and oxygen atoms in total. The molecule has 0 unspecified atom stereocenters. The van der Waals surface area contributed by atoms with E-state index in [0.717, 1.165) is 11.1 Å². The first kappa shape index (κ1) is 26.7. The number of nitrogens with zero attached hydrogens (tertiary/aromatic N) is 1. The van der Waals surface area contributed by atoms with Crippen LogP contribution in [-0.4, -0.2) is 5.91 Å². The van der Waals surface area contributed by atoms with E-state index in [2.05, 4.69) is 5.32 Å². The minimum absolute atomic E-state index is 0.0971. The molecule has 0 radical (unpaired) electrons. The maximum atomic E-state index is 13.1. The molecule has 0 bridgehead atoms. The monoisotopic (exact) mass is 546 g/mol. The molecule has 38 heavy (non-hydrogen) atoms. The molecule has 0 aromatic heterocycles. The molecule has 4 aromatic carbocycles. The Balaban J connectivity index is 1.35. The van der Waals surface area contributed by atoms with Crippen LogP contribution in [0, 0.1) is 17.1 Å². The summed E-state index contributed by atoms with van der Waals surface area (Å²) in [6, 6.07) is 27.0. The molecule has 4 aromatic rings. The minimum Gasteiger partial charge on any atom is -0.489 e. The van der Waals surface area contributed by atoms with Gasteiger partial charge in [-0.05, 0) is 71.8 Å². The molecule has 0 fully saturated rings. The number of hydrogen-bond acceptors (Lipinski definition) is 4. The number of halogens is 3. The number of rotatable bonds is 9. The maximum absolute atomic E-state index is 13.1. The molecule has 0 spiro atoms. The average molecular weight is 547 g/mol. The molecule has 1 amide bonds. The van der Waals surface area contributed by atoms with Crippen LogP contribution in [-0.2, 0) is 18.0 Å². The average Bonchev–Trinajstić information content (AvgIpc) is 2.92. The second-order valence-electron chi connectivity index (χ2n) is 8.13. The summed E-state index contributed by atoms with van der Waals surface area (Å²) in [4.78, 5) is 12.7. The number of carbonyl (C=O) groups is 1. The largest absolute Gasteiger partial charge is 0.489 e. The Morgan fingerprint density at radius 1 is 0.895 bits per heavy atom. The van der Waals surface area contributed by atoms with Crippen LogP contribution < -0.4 is 14.8 Å². The zero-order valence-electron chi connectivity index (χ0n) is 20.0. The van der Waals surface area contributed by atoms with Crippen molar-refractivity contribution in [2.24, 2.45) is 0 Å². The molecule has 8 heteroatoms. The Morgan fingerprint density at radius 2 is 1.63 bits per heavy atom. The molecule has 4 rings (SSSR count). The summed E-state index contributed by atoms with van der Waals surface area (Å²) in [5.41, 5.74) is 2.61. The number of amides is 1. The summed E-state index contributed by atoms with van der Waals surface area (Å²) in [6.07, 6.45) is 1.44. The Bertz CT molecular complexity index is 1500. The highest BCUT2D eigenvalue weighted by molar-refractivity contribution is 6.32. The summed E-state index contributed by atoms with van der Waals surface area (Å²) >= 11 is 12.5. The van der Waals surface area contributed by atoms with Gasteiger partial charge in [-0.25, -0.2) is 4.39 Å². The molecule has 0 heterocycles. The van der Waals surface area contributed by atoms with E-state index < -0.39 is 5.91 Å². The maximum Gasteiger partial charge on any atom is 0.266 e. The zero-order valence-corrected chi connectivity index (χ0v) is 21.5. The highest BCUT2D eigenvalue weighted by Crippen LogP contribution is 2.28. The fourth-order valence-electron chi connectivity index (χ4n) is 3.39. The molecule has 0 atom stereocenters. The van der Waals surface area contributed by atoms with Gasteiger partial charge in [0.25, 0.3) is 5.91 Å². The third kappa shape index (κ3) is 7.36. The first-order valence-corrected chi connectivity index (χ1v) is 12.2. The van der Waals surface area contributed by atoms with Gasteiger partial charge >= 0.3 is 0 Å². The van der Waals surface area contributed by atoms with Crippen LogP contribution >= 0.6 is 23.2 Å². The second-order valence-corrected chi connectivity index (χ2v) is 8.95. The first-order chi connectivity index (χ1) is 18.4. The summed E-state index contributed by atoms with van der Waals surface area (Å²) in [5, 5.41) is 13.2. The van der Waals surface area contributed by atoms with Crippen LogP contribution in [0.3, 0.4) is 0 Å². The lowest BCUT2D eigenvalue weighted by Gasteiger charge is -2.10. The van der Waals surface area contributed by atoms with Crippen molar-refractivity contribution in [3.05, 3.63) is 129 Å². The van der Waals surface area contributed by atoms with E-state index in [1.54, 1.807) is 60.7 Å². The molecule has 0 saturated heterocycles. The minimum atomic E-state index is -0.565. The van der Waals surface area contributed by atoms with Gasteiger partial charge < -0.3 is 14.8 Å². The van der Waals surface area contributed by atoms with Gasteiger partial charge in [0.1, 0.15) is 42.2 Å². The number of nitrogens with one attached hydrogen (secondary N) is 1. The van der Waals surface area contributed by atoms with Crippen LogP contribution in [0.15, 0.2) is 96.6 Å². The number of hydrogen-bond donors (Lipinski definition) is 1. The molecule has 0 aliphatic heterocycles. The standard InChI is InChI=1S/C30H21Cl2FN2O3/c31-27-4-2-1-3-22(27)19-37-26-12-10-25(11-13-26)35-30(36)23(17-34)15-21-7-14-29(28(32)16-21)38-18-20-5-8-24(33)9-6-20/h1-16H,18-19H2,(H,35,36)/b23-15+. The van der Waals surface area contributed by atoms with Crippen molar-refractivity contribution < 1.29 is 18.7 Å². The van der Waals surface area contributed by atoms with Crippen molar-refractivity contribution >= 4 is 40.9 Å². The molecule has 0 saturated carbocycles. The molecular weight excluding hydrogens is 526 g/mol. The van der Waals surface area contributed by atoms with Crippen molar-refractivity contribution in [3.8, 4) is 17.6 Å². The van der Waals surface area contributed by atoms with Gasteiger partial charge in [0.05, 0.1) is 5.02 Å². The van der Waals surface area contributed by atoms with Gasteiger partial charge in [-0.1, -0.05) is 59.6 Å². The van der Waals surface area contributed by atoms with E-state index in [4.69, 9.17) is 32.7 Å². The zero-order chi connectivity index (χ0) is 26.9. The summed E-state index contributed by atoms with van der Waals surface area (Å²) in [6.45, 7) is 0.524. The SMILES string of the molecule is N#C/C(=C\c1ccc(OCc2ccc(F)cc2)c(Cl)c1)C(=O)Nc1ccc(OCc2ccccc2Cl)cc1. The molecular formula is C30H21Cl2FN2O3. The number of carbonyl (C=O) groups excluding carboxylic acids is 1. The van der Waals surface area contributed by atoms with Crippen LogP contribution in [0.5, 0.6) is 11.5 Å². The van der Waals surface area contributed by atoms with Crippen LogP contribution in [0.2, 0.25) is 10.0 Å². The first-order valence-electron chi connectivity index (χ1n) is 11.5. The van der Waals surface area contributed by atoms with Gasteiger partial charge in [0.15, 0.2) is 0 Å².